The summed E-state index contributed by atoms with van der Waals surface area (Å²) in [7, 11) is 0. The average molecular weight is 233 g/mol. The number of benzene rings is 1. The highest BCUT2D eigenvalue weighted by molar-refractivity contribution is 5.11. The molecule has 1 heteroatoms. The van der Waals surface area contributed by atoms with Crippen LogP contribution >= 0.6 is 0 Å². The Bertz CT molecular complexity index is 194. The standard InChI is InChI=1S/C8H10I/c1-7-5-3-4-6-8(7)9-2/h3-6H,1-2H3/q+1. The minimum atomic E-state index is 0.288. The number of hydrogen-bond acceptors (Lipinski definition) is 0. The highest BCUT2D eigenvalue weighted by Gasteiger charge is 2.05. The summed E-state index contributed by atoms with van der Waals surface area (Å²) in [6, 6.07) is 8.62. The molecule has 0 aliphatic carbocycles. The normalized spacial score (nSPS) is 9.56. The largest absolute Gasteiger partial charge is 0.309 e. The fourth-order valence-corrected chi connectivity index (χ4v) is 2.36. The molecule has 0 bridgehead atoms. The van der Waals surface area contributed by atoms with Gasteiger partial charge in [-0.25, -0.2) is 0 Å². The van der Waals surface area contributed by atoms with Crippen LogP contribution in [0.5, 0.6) is 0 Å². The van der Waals surface area contributed by atoms with Crippen molar-refractivity contribution in [2.24, 2.45) is 0 Å². The van der Waals surface area contributed by atoms with Crippen molar-refractivity contribution in [1.29, 1.82) is 0 Å². The van der Waals surface area contributed by atoms with E-state index in [1.54, 1.807) is 3.57 Å². The van der Waals surface area contributed by atoms with Gasteiger partial charge in [-0.1, -0.05) is 18.2 Å². The summed E-state index contributed by atoms with van der Waals surface area (Å²) in [5, 5.41) is 0. The molecule has 9 heavy (non-hydrogen) atoms. The lowest BCUT2D eigenvalue weighted by Gasteiger charge is -1.87. The maximum atomic E-state index is 2.29. The smallest absolute Gasteiger partial charge is 0.0617 e. The van der Waals surface area contributed by atoms with E-state index >= 15 is 0 Å². The van der Waals surface area contributed by atoms with Crippen molar-refractivity contribution in [2.75, 3.05) is 4.93 Å². The van der Waals surface area contributed by atoms with E-state index in [9.17, 15) is 0 Å². The number of halogens is 1. The maximum absolute atomic E-state index is 2.29. The molecular weight excluding hydrogens is 223 g/mol. The van der Waals surface area contributed by atoms with E-state index in [0.29, 0.717) is 0 Å². The van der Waals surface area contributed by atoms with Crippen molar-refractivity contribution in [2.45, 2.75) is 6.92 Å². The van der Waals surface area contributed by atoms with Gasteiger partial charge in [0.05, 0.1) is 0 Å². The molecule has 0 saturated carbocycles. The Kier molecular flexibility index (Phi) is 2.51. The molecule has 1 rings (SSSR count). The minimum absolute atomic E-state index is 0.288. The molecule has 0 fully saturated rings. The third kappa shape index (κ3) is 1.68. The van der Waals surface area contributed by atoms with E-state index in [1.807, 2.05) is 0 Å². The van der Waals surface area contributed by atoms with Crippen LogP contribution in [0.2, 0.25) is 0 Å². The van der Waals surface area contributed by atoms with Crippen molar-refractivity contribution in [3.63, 3.8) is 0 Å². The van der Waals surface area contributed by atoms with Gasteiger partial charge in [0.1, 0.15) is 4.93 Å². The number of aryl methyl sites for hydroxylation is 1. The van der Waals surface area contributed by atoms with Crippen molar-refractivity contribution in [3.05, 3.63) is 33.4 Å². The lowest BCUT2D eigenvalue weighted by molar-refractivity contribution is -0.598. The van der Waals surface area contributed by atoms with Crippen LogP contribution in [0.25, 0.3) is 0 Å². The molecule has 0 aromatic heterocycles. The summed E-state index contributed by atoms with van der Waals surface area (Å²) in [5.74, 6) is 0. The Labute approximate surface area is 66.5 Å². The summed E-state index contributed by atoms with van der Waals surface area (Å²) < 4.78 is 1.57. The maximum Gasteiger partial charge on any atom is 0.309 e. The van der Waals surface area contributed by atoms with Gasteiger partial charge in [0.2, 0.25) is 0 Å². The summed E-state index contributed by atoms with van der Waals surface area (Å²) in [4.78, 5) is 2.29. The number of alkyl halides is 1. The number of hydrogen-bond donors (Lipinski definition) is 0. The van der Waals surface area contributed by atoms with Gasteiger partial charge in [-0.05, 0) is 13.0 Å². The van der Waals surface area contributed by atoms with Crippen LogP contribution in [0, 0.1) is 10.5 Å². The van der Waals surface area contributed by atoms with E-state index in [-0.39, 0.29) is 21.2 Å². The average Bonchev–Trinajstić information content (AvgIpc) is 1.89. The quantitative estimate of drug-likeness (QED) is 0.426. The predicted octanol–water partition coefficient (Wildman–Crippen LogP) is -1.12. The van der Waals surface area contributed by atoms with Crippen LogP contribution in [0.1, 0.15) is 5.56 Å². The van der Waals surface area contributed by atoms with Crippen molar-refractivity contribution < 1.29 is 21.2 Å². The van der Waals surface area contributed by atoms with Gasteiger partial charge in [0.15, 0.2) is 3.57 Å². The Morgan fingerprint density at radius 3 is 2.33 bits per heavy atom. The van der Waals surface area contributed by atoms with Crippen LogP contribution in [0.4, 0.5) is 0 Å². The SMILES string of the molecule is C[I+]c1ccccc1C. The van der Waals surface area contributed by atoms with Crippen LogP contribution < -0.4 is 21.2 Å². The molecule has 0 aliphatic rings. The molecule has 0 N–H and O–H groups in total. The van der Waals surface area contributed by atoms with Crippen LogP contribution in [0.3, 0.4) is 0 Å². The van der Waals surface area contributed by atoms with Crippen molar-refractivity contribution in [3.8, 4) is 0 Å². The summed E-state index contributed by atoms with van der Waals surface area (Å²) in [6.45, 7) is 2.18. The first-order valence-corrected chi connectivity index (χ1v) is 6.13. The molecule has 0 radical (unpaired) electrons. The minimum Gasteiger partial charge on any atom is -0.0617 e. The Morgan fingerprint density at radius 1 is 1.22 bits per heavy atom. The van der Waals surface area contributed by atoms with Gasteiger partial charge in [0.25, 0.3) is 0 Å². The van der Waals surface area contributed by atoms with E-state index in [2.05, 4.69) is 36.1 Å². The zero-order chi connectivity index (χ0) is 6.69. The third-order valence-corrected chi connectivity index (χ3v) is 3.65. The molecule has 0 nitrogen and oxygen atoms in total. The molecule has 0 unspecified atom stereocenters. The van der Waals surface area contributed by atoms with E-state index in [0.717, 1.165) is 0 Å². The first-order valence-electron chi connectivity index (χ1n) is 2.89. The Balaban J connectivity index is 3.01. The molecule has 0 spiro atoms. The Morgan fingerprint density at radius 2 is 1.89 bits per heavy atom. The fraction of sp³-hybridized carbons (Fsp3) is 0.250. The van der Waals surface area contributed by atoms with Gasteiger partial charge in [-0.3, -0.25) is 0 Å². The Hall–Kier alpha value is -0.0500. The zero-order valence-electron chi connectivity index (χ0n) is 5.69. The highest BCUT2D eigenvalue weighted by Crippen LogP contribution is 1.93. The van der Waals surface area contributed by atoms with E-state index in [1.165, 1.54) is 5.56 Å². The van der Waals surface area contributed by atoms with Gasteiger partial charge in [-0.2, -0.15) is 0 Å². The lowest BCUT2D eigenvalue weighted by Crippen LogP contribution is -3.60. The second kappa shape index (κ2) is 3.20. The number of rotatable bonds is 1. The predicted molar refractivity (Wildman–Crippen MR) is 35.8 cm³/mol. The molecule has 0 heterocycles. The third-order valence-electron chi connectivity index (χ3n) is 1.28. The molecule has 0 aliphatic heterocycles. The molecule has 0 amide bonds. The van der Waals surface area contributed by atoms with Crippen LogP contribution in [0.15, 0.2) is 24.3 Å². The summed E-state index contributed by atoms with van der Waals surface area (Å²) in [6.07, 6.45) is 0. The fourth-order valence-electron chi connectivity index (χ4n) is 0.763. The van der Waals surface area contributed by atoms with E-state index < -0.39 is 0 Å². The zero-order valence-corrected chi connectivity index (χ0v) is 7.84. The first kappa shape index (κ1) is 7.06. The van der Waals surface area contributed by atoms with Gasteiger partial charge < -0.3 is 0 Å². The molecule has 0 atom stereocenters. The molecule has 0 saturated heterocycles. The van der Waals surface area contributed by atoms with E-state index in [4.69, 9.17) is 0 Å². The monoisotopic (exact) mass is 233 g/mol. The van der Waals surface area contributed by atoms with Gasteiger partial charge in [0, 0.05) is 5.56 Å². The summed E-state index contributed by atoms with van der Waals surface area (Å²) >= 11 is 0.288. The van der Waals surface area contributed by atoms with Crippen molar-refractivity contribution in [1.82, 2.24) is 0 Å². The first-order chi connectivity index (χ1) is 4.34. The van der Waals surface area contributed by atoms with Crippen molar-refractivity contribution >= 4 is 0 Å². The summed E-state index contributed by atoms with van der Waals surface area (Å²) in [5.41, 5.74) is 1.45. The van der Waals surface area contributed by atoms with Gasteiger partial charge in [-0.15, -0.1) is 0 Å². The van der Waals surface area contributed by atoms with Crippen LogP contribution in [-0.4, -0.2) is 4.93 Å². The second-order valence-electron chi connectivity index (χ2n) is 1.94. The molecule has 48 valence electrons. The van der Waals surface area contributed by atoms with Gasteiger partial charge >= 0.3 is 21.2 Å². The second-order valence-corrected chi connectivity index (χ2v) is 4.18. The molecule has 1 aromatic carbocycles. The molecule has 1 aromatic rings. The lowest BCUT2D eigenvalue weighted by atomic mass is 10.2. The molecular formula is C8H10I+. The topological polar surface area (TPSA) is 0 Å². The van der Waals surface area contributed by atoms with Crippen LogP contribution in [-0.2, 0) is 0 Å². The highest BCUT2D eigenvalue weighted by atomic mass is 127.